The van der Waals surface area contributed by atoms with E-state index in [-0.39, 0.29) is 40.6 Å². The van der Waals surface area contributed by atoms with Crippen molar-refractivity contribution >= 4 is 45.7 Å². The number of hydrogen-bond donors (Lipinski definition) is 0. The predicted molar refractivity (Wildman–Crippen MR) is 159 cm³/mol. The number of ether oxygens (including phenoxy) is 2. The van der Waals surface area contributed by atoms with Crippen LogP contribution < -0.4 is 0 Å². The minimum atomic E-state index is -1.43. The number of carbonyl (C=O) groups is 2. The van der Waals surface area contributed by atoms with Crippen molar-refractivity contribution in [3.63, 3.8) is 0 Å². The third-order valence-corrected chi connectivity index (χ3v) is 10.1. The number of benzene rings is 4. The van der Waals surface area contributed by atoms with Crippen molar-refractivity contribution in [3.8, 4) is 23.0 Å². The van der Waals surface area contributed by atoms with E-state index in [0.717, 1.165) is 33.4 Å². The van der Waals surface area contributed by atoms with Gasteiger partial charge >= 0.3 is 240 Å². The summed E-state index contributed by atoms with van der Waals surface area (Å²) in [5, 5.41) is 2.37. The Hall–Kier alpha value is -4.10. The van der Waals surface area contributed by atoms with E-state index in [4.69, 9.17) is 9.47 Å². The van der Waals surface area contributed by atoms with Gasteiger partial charge in [-0.1, -0.05) is 0 Å². The third kappa shape index (κ3) is 4.34. The molecular formula is C35H28O4Se. The van der Waals surface area contributed by atoms with Gasteiger partial charge in [0.1, 0.15) is 0 Å². The number of carbonyl (C=O) groups excluding carboxylic acids is 2. The minimum absolute atomic E-state index is 0.0182. The number of fused-ring (bicyclic) bond motifs is 5. The predicted octanol–water partition coefficient (Wildman–Crippen LogP) is 6.33. The van der Waals surface area contributed by atoms with Crippen molar-refractivity contribution in [2.75, 3.05) is 13.2 Å². The van der Waals surface area contributed by atoms with Crippen LogP contribution in [0.1, 0.15) is 36.1 Å². The van der Waals surface area contributed by atoms with Gasteiger partial charge in [0.15, 0.2) is 0 Å². The molecule has 1 heterocycles. The van der Waals surface area contributed by atoms with Crippen LogP contribution >= 0.6 is 0 Å². The summed E-state index contributed by atoms with van der Waals surface area (Å²) in [4.78, 5) is 27.1. The van der Waals surface area contributed by atoms with Gasteiger partial charge in [-0.25, -0.2) is 0 Å². The Morgan fingerprint density at radius 3 is 2.05 bits per heavy atom. The summed E-state index contributed by atoms with van der Waals surface area (Å²) in [7, 11) is 0. The van der Waals surface area contributed by atoms with E-state index in [1.165, 1.54) is 19.3 Å². The number of esters is 2. The maximum atomic E-state index is 13.6. The van der Waals surface area contributed by atoms with Crippen LogP contribution in [0.2, 0.25) is 0 Å². The first kappa shape index (κ1) is 26.1. The first-order chi connectivity index (χ1) is 19.6. The molecule has 1 aromatic heterocycles. The van der Waals surface area contributed by atoms with Crippen LogP contribution in [0.4, 0.5) is 0 Å². The second-order valence-electron chi connectivity index (χ2n) is 9.87. The monoisotopic (exact) mass is 592 g/mol. The normalized spacial score (nSPS) is 13.4. The second kappa shape index (κ2) is 10.8. The summed E-state index contributed by atoms with van der Waals surface area (Å²) in [6, 6.07) is 28.7. The fourth-order valence-corrected chi connectivity index (χ4v) is 8.40. The van der Waals surface area contributed by atoms with Gasteiger partial charge in [0.25, 0.3) is 0 Å². The van der Waals surface area contributed by atoms with Crippen LogP contribution in [0.3, 0.4) is 0 Å². The van der Waals surface area contributed by atoms with Crippen molar-refractivity contribution in [3.05, 3.63) is 107 Å². The average Bonchev–Trinajstić information content (AvgIpc) is 3.58. The van der Waals surface area contributed by atoms with E-state index in [1.54, 1.807) is 13.8 Å². The van der Waals surface area contributed by atoms with Crippen LogP contribution in [0, 0.1) is 17.3 Å². The van der Waals surface area contributed by atoms with E-state index in [0.29, 0.717) is 0 Å². The summed E-state index contributed by atoms with van der Waals surface area (Å²) < 4.78 is 13.6. The molecule has 0 saturated carbocycles. The Kier molecular flexibility index (Phi) is 7.07. The summed E-state index contributed by atoms with van der Waals surface area (Å²) >= 11 is 0.0182. The Morgan fingerprint density at radius 2 is 1.38 bits per heavy atom. The molecule has 1 aliphatic carbocycles. The van der Waals surface area contributed by atoms with Gasteiger partial charge in [-0.2, -0.15) is 0 Å². The molecule has 4 aromatic carbocycles. The summed E-state index contributed by atoms with van der Waals surface area (Å²) in [6.07, 6.45) is 0.464. The van der Waals surface area contributed by atoms with Crippen LogP contribution in [-0.4, -0.2) is 39.7 Å². The molecule has 198 valence electrons. The van der Waals surface area contributed by atoms with E-state index in [9.17, 15) is 9.59 Å². The van der Waals surface area contributed by atoms with Crippen LogP contribution in [0.15, 0.2) is 84.9 Å². The molecular weight excluding hydrogens is 563 g/mol. The summed E-state index contributed by atoms with van der Waals surface area (Å²) in [5.74, 6) is 5.85. The SMILES string of the molecule is CCOC(=O)C1(C(=O)OCC)Cc2c(C#Cc3ccccc3)c(-c3ccccc3)c3c([se]c4ccccc43)c2C1. The zero-order chi connectivity index (χ0) is 27.7. The van der Waals surface area contributed by atoms with E-state index in [1.807, 2.05) is 48.5 Å². The van der Waals surface area contributed by atoms with Crippen LogP contribution in [0.25, 0.3) is 30.4 Å². The third-order valence-electron chi connectivity index (χ3n) is 7.49. The summed E-state index contributed by atoms with van der Waals surface area (Å²) in [6.45, 7) is 3.92. The fraction of sp³-hybridized carbons (Fsp3) is 0.200. The Balaban J connectivity index is 1.72. The van der Waals surface area contributed by atoms with Crippen molar-refractivity contribution in [2.45, 2.75) is 26.7 Å². The number of rotatable bonds is 5. The molecule has 5 heteroatoms. The van der Waals surface area contributed by atoms with E-state index in [2.05, 4.69) is 48.2 Å². The molecule has 0 spiro atoms. The molecule has 5 aromatic rings. The zero-order valence-electron chi connectivity index (χ0n) is 22.5. The molecule has 4 nitrogen and oxygen atoms in total. The first-order valence-electron chi connectivity index (χ1n) is 13.5. The molecule has 1 aliphatic rings. The van der Waals surface area contributed by atoms with Crippen LogP contribution in [-0.2, 0) is 31.9 Å². The van der Waals surface area contributed by atoms with Crippen molar-refractivity contribution in [2.24, 2.45) is 5.41 Å². The molecule has 0 unspecified atom stereocenters. The molecule has 40 heavy (non-hydrogen) atoms. The van der Waals surface area contributed by atoms with Crippen molar-refractivity contribution in [1.29, 1.82) is 0 Å². The molecule has 0 atom stereocenters. The molecule has 0 fully saturated rings. The van der Waals surface area contributed by atoms with E-state index < -0.39 is 17.4 Å². The van der Waals surface area contributed by atoms with Gasteiger partial charge in [-0.05, 0) is 0 Å². The topological polar surface area (TPSA) is 52.6 Å². The van der Waals surface area contributed by atoms with Gasteiger partial charge in [-0.15, -0.1) is 0 Å². The van der Waals surface area contributed by atoms with Crippen molar-refractivity contribution in [1.82, 2.24) is 0 Å². The van der Waals surface area contributed by atoms with Gasteiger partial charge < -0.3 is 0 Å². The number of hydrogen-bond acceptors (Lipinski definition) is 4. The average molecular weight is 592 g/mol. The molecule has 0 N–H and O–H groups in total. The molecule has 0 amide bonds. The fourth-order valence-electron chi connectivity index (χ4n) is 5.72. The Morgan fingerprint density at radius 1 is 0.775 bits per heavy atom. The Bertz CT molecular complexity index is 1790. The zero-order valence-corrected chi connectivity index (χ0v) is 24.2. The quantitative estimate of drug-likeness (QED) is 0.104. The Labute approximate surface area is 239 Å². The molecule has 0 radical (unpaired) electrons. The second-order valence-corrected chi connectivity index (χ2v) is 12.1. The van der Waals surface area contributed by atoms with Gasteiger partial charge in [-0.3, -0.25) is 0 Å². The molecule has 0 bridgehead atoms. The molecule has 0 aliphatic heterocycles. The first-order valence-corrected chi connectivity index (χ1v) is 15.2. The van der Waals surface area contributed by atoms with Gasteiger partial charge in [0.05, 0.1) is 0 Å². The maximum absolute atomic E-state index is 13.6. The van der Waals surface area contributed by atoms with Crippen LogP contribution in [0.5, 0.6) is 0 Å². The van der Waals surface area contributed by atoms with Crippen molar-refractivity contribution < 1.29 is 19.1 Å². The van der Waals surface area contributed by atoms with Gasteiger partial charge in [0.2, 0.25) is 0 Å². The van der Waals surface area contributed by atoms with E-state index >= 15 is 0 Å². The summed E-state index contributed by atoms with van der Waals surface area (Å²) in [5.41, 5.74) is 4.48. The molecule has 6 rings (SSSR count). The standard InChI is InChI=1S/C35H28O4Se/c1-3-38-33(36)35(34(37)39-4-2)21-27-25(20-19-23-13-7-5-8-14-23)30(24-15-9-6-10-16-24)31-26-17-11-12-18-29(26)40-32(31)28(27)22-35/h5-18H,3-4,21-22H2,1-2H3. The van der Waals surface area contributed by atoms with Gasteiger partial charge in [0, 0.05) is 0 Å². The molecule has 0 saturated heterocycles.